The quantitative estimate of drug-likeness (QED) is 0.0385. The third kappa shape index (κ3) is 15.4. The van der Waals surface area contributed by atoms with Crippen LogP contribution in [-0.4, -0.2) is 154 Å². The molecule has 24 heteroatoms. The number of unbranched alkanes of at least 4 members (excludes halogenated alkanes) is 2. The van der Waals surface area contributed by atoms with E-state index in [-0.39, 0.29) is 134 Å². The number of carbonyl (C=O) groups is 9. The van der Waals surface area contributed by atoms with Crippen molar-refractivity contribution in [2.45, 2.75) is 167 Å². The molecule has 2 spiro atoms. The number of aliphatic hydroxyl groups is 1. The predicted octanol–water partition coefficient (Wildman–Crippen LogP) is 9.85. The van der Waals surface area contributed by atoms with Crippen LogP contribution in [0.5, 0.6) is 23.0 Å². The molecule has 4 fully saturated rings. The average Bonchev–Trinajstić information content (AvgIpc) is 1.59. The van der Waals surface area contributed by atoms with Gasteiger partial charge in [0.05, 0.1) is 75.2 Å². The van der Waals surface area contributed by atoms with Crippen molar-refractivity contribution in [1.82, 2.24) is 35.4 Å². The first-order valence-electron chi connectivity index (χ1n) is 36.2. The Balaban J connectivity index is 0.555. The minimum absolute atomic E-state index is 0.0482. The molecule has 24 nitrogen and oxygen atoms in total. The van der Waals surface area contributed by atoms with Gasteiger partial charge >= 0.3 is 6.09 Å². The lowest BCUT2D eigenvalue weighted by molar-refractivity contribution is -0.133. The van der Waals surface area contributed by atoms with Crippen molar-refractivity contribution in [2.24, 2.45) is 29.7 Å². The summed E-state index contributed by atoms with van der Waals surface area (Å²) in [5, 5.41) is 26.3. The van der Waals surface area contributed by atoms with Crippen LogP contribution in [-0.2, 0) is 66.5 Å². The molecule has 0 radical (unpaired) electrons. The van der Waals surface area contributed by atoms with Crippen LogP contribution < -0.4 is 39.4 Å². The number of rotatable bonds is 28. The lowest BCUT2D eigenvalue weighted by Crippen LogP contribution is -2.50. The standard InChI is InChI=1S/C79H91N9O15/c1-47(2)58(36-55(90)42-80-69(92)26-24-54(89)25-27-70(93)85-43-52-14-8-9-15-56(52)72-71(82-83-84(72)4)57-16-10-11-17-61(57)85)73(94)81-48(3)64(91)34-49-18-20-50(21-19-49)44-103-77(98)88-62-39-68(66(100-6)38-60(62)75(96)87-46-79(30-31-79)41-63(87)76(88)97)102-33-13-7-12-32-101-67-35-51-22-23-53-40-78(28-29-78)45-86(53)74(95)59(51)37-65(67)99-5/h8-11,14-21,35,37-39,47-48,53,58,63,76,97H,7,12-13,22-34,36,40-46H2,1-6H3,(H,80,92)(H,81,94)/t48-,53+,58-,63-,76-/m0/s1. The van der Waals surface area contributed by atoms with Crippen LogP contribution in [0.25, 0.3) is 22.5 Å². The summed E-state index contributed by atoms with van der Waals surface area (Å²) in [7, 11) is 4.89. The van der Waals surface area contributed by atoms with E-state index in [1.807, 2.05) is 67.7 Å². The zero-order valence-electron chi connectivity index (χ0n) is 59.5. The molecule has 3 N–H and O–H groups in total. The summed E-state index contributed by atoms with van der Waals surface area (Å²) in [5.41, 5.74) is 8.03. The zero-order chi connectivity index (χ0) is 72.4. The van der Waals surface area contributed by atoms with E-state index >= 15 is 0 Å². The van der Waals surface area contributed by atoms with Crippen LogP contribution in [0, 0.1) is 22.7 Å². The molecule has 6 amide bonds. The Labute approximate surface area is 599 Å². The molecule has 6 aromatic rings. The maximum Gasteiger partial charge on any atom is 0.416 e. The molecule has 0 bridgehead atoms. The highest BCUT2D eigenvalue weighted by Gasteiger charge is 2.58. The van der Waals surface area contributed by atoms with Gasteiger partial charge in [-0.3, -0.25) is 38.4 Å². The maximum absolute atomic E-state index is 14.5. The summed E-state index contributed by atoms with van der Waals surface area (Å²) in [4.78, 5) is 130. The normalized spacial score (nSPS) is 19.0. The predicted molar refractivity (Wildman–Crippen MR) is 380 cm³/mol. The number of aromatic nitrogens is 3. The number of Topliss-reactive ketones (excluding diaryl/α,β-unsaturated/α-hetero) is 3. The molecule has 2 saturated heterocycles. The molecule has 6 heterocycles. The zero-order valence-corrected chi connectivity index (χ0v) is 59.5. The van der Waals surface area contributed by atoms with Gasteiger partial charge in [0.1, 0.15) is 18.1 Å². The molecule has 103 heavy (non-hydrogen) atoms. The fourth-order valence-corrected chi connectivity index (χ4v) is 15.5. The Hall–Kier alpha value is -9.97. The summed E-state index contributed by atoms with van der Waals surface area (Å²) < 4.78 is 31.7. The van der Waals surface area contributed by atoms with Gasteiger partial charge < -0.3 is 54.1 Å². The van der Waals surface area contributed by atoms with Gasteiger partial charge in [-0.25, -0.2) is 14.4 Å². The van der Waals surface area contributed by atoms with E-state index in [2.05, 4.69) is 25.8 Å². The molecule has 13 rings (SSSR count). The molecule has 5 atom stereocenters. The monoisotopic (exact) mass is 1410 g/mol. The average molecular weight is 1410 g/mol. The molecular weight excluding hydrogens is 1310 g/mol. The third-order valence-corrected chi connectivity index (χ3v) is 22.0. The number of aryl methyl sites for hydroxylation is 2. The second-order valence-corrected chi connectivity index (χ2v) is 29.5. The van der Waals surface area contributed by atoms with E-state index in [1.54, 1.807) is 78.8 Å². The summed E-state index contributed by atoms with van der Waals surface area (Å²) in [6, 6.07) is 27.6. The highest BCUT2D eigenvalue weighted by molar-refractivity contribution is 6.06. The van der Waals surface area contributed by atoms with Crippen LogP contribution in [0.3, 0.4) is 0 Å². The summed E-state index contributed by atoms with van der Waals surface area (Å²) in [5.74, 6) is -1.94. The van der Waals surface area contributed by atoms with Crippen LogP contribution >= 0.6 is 0 Å². The minimum Gasteiger partial charge on any atom is -0.493 e. The molecule has 2 saturated carbocycles. The molecule has 0 unspecified atom stereocenters. The fourth-order valence-electron chi connectivity index (χ4n) is 15.5. The Morgan fingerprint density at radius 3 is 2.02 bits per heavy atom. The number of ether oxygens (including phenoxy) is 5. The first-order chi connectivity index (χ1) is 49.6. The summed E-state index contributed by atoms with van der Waals surface area (Å²) in [6.45, 7) is 6.80. The lowest BCUT2D eigenvalue weighted by Gasteiger charge is -2.31. The molecule has 1 aromatic heterocycles. The molecular formula is C79H91N9O15. The molecule has 7 aliphatic rings. The molecule has 2 aliphatic carbocycles. The smallest absolute Gasteiger partial charge is 0.416 e. The second kappa shape index (κ2) is 30.2. The number of nitrogens with zero attached hydrogens (tertiary/aromatic N) is 7. The maximum atomic E-state index is 14.5. The Bertz CT molecular complexity index is 4290. The number of amides is 6. The van der Waals surface area contributed by atoms with E-state index in [4.69, 9.17) is 23.7 Å². The van der Waals surface area contributed by atoms with E-state index in [0.29, 0.717) is 77.4 Å². The molecule has 542 valence electrons. The number of hydrogen-bond acceptors (Lipinski definition) is 17. The van der Waals surface area contributed by atoms with Gasteiger partial charge in [-0.05, 0) is 141 Å². The van der Waals surface area contributed by atoms with Crippen molar-refractivity contribution >= 4 is 64.4 Å². The highest BCUT2D eigenvalue weighted by Crippen LogP contribution is 2.58. The highest BCUT2D eigenvalue weighted by atomic mass is 16.6. The largest absolute Gasteiger partial charge is 0.493 e. The third-order valence-electron chi connectivity index (χ3n) is 22.0. The van der Waals surface area contributed by atoms with Gasteiger partial charge in [-0.2, -0.15) is 0 Å². The Morgan fingerprint density at radius 2 is 1.31 bits per heavy atom. The lowest BCUT2D eigenvalue weighted by atomic mass is 9.89. The van der Waals surface area contributed by atoms with Gasteiger partial charge in [0.15, 0.2) is 40.8 Å². The minimum atomic E-state index is -1.45. The molecule has 5 aromatic carbocycles. The van der Waals surface area contributed by atoms with E-state index in [1.165, 1.54) is 20.0 Å². The number of benzene rings is 5. The number of anilines is 2. The first-order valence-corrected chi connectivity index (χ1v) is 36.2. The Kier molecular flexibility index (Phi) is 20.9. The van der Waals surface area contributed by atoms with Gasteiger partial charge in [0, 0.05) is 93.4 Å². The van der Waals surface area contributed by atoms with Gasteiger partial charge in [0.2, 0.25) is 17.7 Å². The number of aliphatic hydroxyl groups excluding tert-OH is 1. The van der Waals surface area contributed by atoms with Gasteiger partial charge in [0.25, 0.3) is 11.8 Å². The van der Waals surface area contributed by atoms with Crippen molar-refractivity contribution in [3.63, 3.8) is 0 Å². The van der Waals surface area contributed by atoms with Crippen molar-refractivity contribution in [3.05, 3.63) is 130 Å². The van der Waals surface area contributed by atoms with Crippen LogP contribution in [0.1, 0.15) is 160 Å². The van der Waals surface area contributed by atoms with E-state index < -0.39 is 47.9 Å². The fraction of sp³-hybridized carbons (Fsp3) is 0.481. The van der Waals surface area contributed by atoms with Crippen molar-refractivity contribution in [1.29, 1.82) is 0 Å². The second-order valence-electron chi connectivity index (χ2n) is 29.5. The number of methoxy groups -OCH3 is 2. The van der Waals surface area contributed by atoms with Crippen LogP contribution in [0.2, 0.25) is 0 Å². The number of nitrogens with one attached hydrogen (secondary N) is 2. The van der Waals surface area contributed by atoms with Gasteiger partial charge in [-0.1, -0.05) is 85.8 Å². The van der Waals surface area contributed by atoms with Crippen molar-refractivity contribution in [3.8, 4) is 45.5 Å². The number of carbonyl (C=O) groups excluding carboxylic acids is 9. The van der Waals surface area contributed by atoms with Crippen LogP contribution in [0.4, 0.5) is 16.2 Å². The summed E-state index contributed by atoms with van der Waals surface area (Å²) >= 11 is 0. The first kappa shape index (κ1) is 71.4. The van der Waals surface area contributed by atoms with E-state index in [9.17, 15) is 48.3 Å². The van der Waals surface area contributed by atoms with Gasteiger partial charge in [-0.15, -0.1) is 5.10 Å². The van der Waals surface area contributed by atoms with Crippen molar-refractivity contribution in [2.75, 3.05) is 56.9 Å². The Morgan fingerprint density at radius 1 is 0.670 bits per heavy atom. The number of hydrogen-bond donors (Lipinski definition) is 3. The SMILES string of the molecule is COc1cc2c(cc1OCCCCCOc1cc3c(cc1OC)C(=O)N1CC4(CC4)C[C@H]1[C@H](O)N3C(=O)OCc1ccc(CC(=O)[C@H](C)NC(=O)[C@@H](CC(=O)CNC(=O)CCC(=O)CCC(=O)N3Cc4ccccc4-c4c(nnn4C)-c4ccccc43)C(C)C)cc1)CC[C@@H]1CC3(CC3)CN1C2=O. The number of para-hydroxylation sites is 1. The van der Waals surface area contributed by atoms with Crippen molar-refractivity contribution < 1.29 is 71.9 Å². The summed E-state index contributed by atoms with van der Waals surface area (Å²) in [6.07, 6.45) is 6.57. The number of ketones is 3. The molecule has 5 aliphatic heterocycles. The number of fused-ring (bicyclic) bond motifs is 9. The van der Waals surface area contributed by atoms with E-state index in [0.717, 1.165) is 77.9 Å². The van der Waals surface area contributed by atoms with Crippen LogP contribution in [0.15, 0.2) is 97.1 Å². The topological polar surface area (TPSA) is 288 Å².